The van der Waals surface area contributed by atoms with E-state index in [1.54, 1.807) is 0 Å². The second kappa shape index (κ2) is 10.8. The van der Waals surface area contributed by atoms with Crippen molar-refractivity contribution in [2.75, 3.05) is 56.2 Å². The second-order valence-electron chi connectivity index (χ2n) is 7.64. The van der Waals surface area contributed by atoms with E-state index in [9.17, 15) is 9.59 Å². The van der Waals surface area contributed by atoms with Crippen LogP contribution in [0.15, 0.2) is 42.5 Å². The van der Waals surface area contributed by atoms with E-state index in [0.717, 1.165) is 37.6 Å². The fourth-order valence-corrected chi connectivity index (χ4v) is 3.37. The Morgan fingerprint density at radius 2 is 1.77 bits per heavy atom. The van der Waals surface area contributed by atoms with Crippen LogP contribution in [0, 0.1) is 13.8 Å². The highest BCUT2D eigenvalue weighted by molar-refractivity contribution is 5.94. The summed E-state index contributed by atoms with van der Waals surface area (Å²) in [5.74, 6) is 0.191. The monoisotopic (exact) mass is 425 g/mol. The fourth-order valence-electron chi connectivity index (χ4n) is 3.37. The highest BCUT2D eigenvalue weighted by Gasteiger charge is 2.17. The van der Waals surface area contributed by atoms with Crippen molar-refractivity contribution in [3.05, 3.63) is 53.6 Å². The van der Waals surface area contributed by atoms with Crippen molar-refractivity contribution >= 4 is 23.2 Å². The van der Waals surface area contributed by atoms with Gasteiger partial charge in [-0.1, -0.05) is 6.07 Å². The van der Waals surface area contributed by atoms with E-state index >= 15 is 0 Å². The molecule has 2 amide bonds. The van der Waals surface area contributed by atoms with E-state index in [4.69, 9.17) is 9.47 Å². The van der Waals surface area contributed by atoms with Gasteiger partial charge in [-0.25, -0.2) is 0 Å². The van der Waals surface area contributed by atoms with Crippen LogP contribution in [0.4, 0.5) is 11.4 Å². The summed E-state index contributed by atoms with van der Waals surface area (Å²) in [6, 6.07) is 13.4. The maximum absolute atomic E-state index is 12.5. The lowest BCUT2D eigenvalue weighted by molar-refractivity contribution is -0.136. The van der Waals surface area contributed by atoms with Gasteiger partial charge in [0.1, 0.15) is 5.75 Å². The minimum Gasteiger partial charge on any atom is -0.484 e. The molecule has 7 nitrogen and oxygen atoms in total. The Hall–Kier alpha value is -3.06. The number of hydrogen-bond donors (Lipinski definition) is 1. The van der Waals surface area contributed by atoms with E-state index < -0.39 is 0 Å². The predicted molar refractivity (Wildman–Crippen MR) is 122 cm³/mol. The van der Waals surface area contributed by atoms with Gasteiger partial charge in [-0.2, -0.15) is 0 Å². The van der Waals surface area contributed by atoms with Crippen LogP contribution in [-0.2, 0) is 14.3 Å². The van der Waals surface area contributed by atoms with Crippen molar-refractivity contribution in [3.8, 4) is 5.75 Å². The van der Waals surface area contributed by atoms with Gasteiger partial charge in [0.05, 0.1) is 19.8 Å². The Bertz CT molecular complexity index is 892. The zero-order chi connectivity index (χ0) is 22.2. The van der Waals surface area contributed by atoms with E-state index in [0.29, 0.717) is 18.0 Å². The summed E-state index contributed by atoms with van der Waals surface area (Å²) in [5.41, 5.74) is 4.09. The molecular weight excluding hydrogens is 394 g/mol. The third-order valence-corrected chi connectivity index (χ3v) is 5.44. The normalized spacial score (nSPS) is 13.6. The van der Waals surface area contributed by atoms with Gasteiger partial charge in [-0.05, 0) is 68.3 Å². The first kappa shape index (κ1) is 22.6. The summed E-state index contributed by atoms with van der Waals surface area (Å²) in [6.07, 6.45) is 0. The first-order chi connectivity index (χ1) is 15.0. The summed E-state index contributed by atoms with van der Waals surface area (Å²) in [6.45, 7) is 9.37. The van der Waals surface area contributed by atoms with Crippen molar-refractivity contribution in [3.63, 3.8) is 0 Å². The number of nitrogens with one attached hydrogen (secondary N) is 1. The van der Waals surface area contributed by atoms with Crippen molar-refractivity contribution in [1.82, 2.24) is 4.90 Å². The molecule has 3 rings (SSSR count). The van der Waals surface area contributed by atoms with Gasteiger partial charge in [-0.15, -0.1) is 0 Å². The van der Waals surface area contributed by atoms with Gasteiger partial charge in [-0.3, -0.25) is 9.59 Å². The molecule has 7 heteroatoms. The van der Waals surface area contributed by atoms with Gasteiger partial charge in [0.2, 0.25) is 5.91 Å². The summed E-state index contributed by atoms with van der Waals surface area (Å²) in [4.78, 5) is 28.7. The van der Waals surface area contributed by atoms with Gasteiger partial charge in [0.15, 0.2) is 6.61 Å². The highest BCUT2D eigenvalue weighted by atomic mass is 16.5. The SMILES string of the molecule is CCN(CC(=O)Nc1ccc(N2CCOCC2)cc1)C(=O)COc1ccc(C)c(C)c1. The van der Waals surface area contributed by atoms with Crippen molar-refractivity contribution < 1.29 is 19.1 Å². The molecule has 1 aliphatic rings. The quantitative estimate of drug-likeness (QED) is 0.704. The van der Waals surface area contributed by atoms with Crippen LogP contribution in [0.2, 0.25) is 0 Å². The molecule has 0 saturated carbocycles. The molecule has 2 aromatic carbocycles. The Balaban J connectivity index is 1.49. The standard InChI is InChI=1S/C24H31N3O4/c1-4-26(24(29)17-31-22-10-5-18(2)19(3)15-22)16-23(28)25-20-6-8-21(9-7-20)27-11-13-30-14-12-27/h5-10,15H,4,11-14,16-17H2,1-3H3,(H,25,28). The third kappa shape index (κ3) is 6.46. The van der Waals surface area contributed by atoms with Gasteiger partial charge in [0.25, 0.3) is 5.91 Å². The molecule has 166 valence electrons. The number of amides is 2. The first-order valence-corrected chi connectivity index (χ1v) is 10.7. The Morgan fingerprint density at radius 1 is 1.06 bits per heavy atom. The summed E-state index contributed by atoms with van der Waals surface area (Å²) < 4.78 is 11.0. The molecule has 1 N–H and O–H groups in total. The number of aryl methyl sites for hydroxylation is 2. The minimum absolute atomic E-state index is 0.0170. The average molecular weight is 426 g/mol. The number of benzene rings is 2. The molecule has 0 radical (unpaired) electrons. The van der Waals surface area contributed by atoms with Gasteiger partial charge in [0, 0.05) is 31.0 Å². The molecule has 0 aliphatic carbocycles. The number of carbonyl (C=O) groups excluding carboxylic acids is 2. The zero-order valence-corrected chi connectivity index (χ0v) is 18.5. The van der Waals surface area contributed by atoms with Gasteiger partial charge < -0.3 is 24.6 Å². The van der Waals surface area contributed by atoms with Crippen molar-refractivity contribution in [2.45, 2.75) is 20.8 Å². The van der Waals surface area contributed by atoms with E-state index in [-0.39, 0.29) is 25.0 Å². The lowest BCUT2D eigenvalue weighted by Crippen LogP contribution is -2.40. The first-order valence-electron chi connectivity index (χ1n) is 10.7. The largest absolute Gasteiger partial charge is 0.484 e. The van der Waals surface area contributed by atoms with E-state index in [1.165, 1.54) is 10.5 Å². The summed E-state index contributed by atoms with van der Waals surface area (Å²) >= 11 is 0. The molecule has 0 bridgehead atoms. The van der Waals surface area contributed by atoms with Crippen LogP contribution in [-0.4, -0.2) is 62.7 Å². The number of rotatable bonds is 8. The number of anilines is 2. The predicted octanol–water partition coefficient (Wildman–Crippen LogP) is 3.01. The van der Waals surface area contributed by atoms with Crippen LogP contribution in [0.5, 0.6) is 5.75 Å². The number of nitrogens with zero attached hydrogens (tertiary/aromatic N) is 2. The molecule has 31 heavy (non-hydrogen) atoms. The maximum atomic E-state index is 12.5. The van der Waals surface area contributed by atoms with Crippen molar-refractivity contribution in [2.24, 2.45) is 0 Å². The molecule has 0 unspecified atom stereocenters. The number of ether oxygens (including phenoxy) is 2. The number of morpholine rings is 1. The molecule has 1 fully saturated rings. The average Bonchev–Trinajstić information content (AvgIpc) is 2.79. The highest BCUT2D eigenvalue weighted by Crippen LogP contribution is 2.19. The van der Waals surface area contributed by atoms with Crippen LogP contribution in [0.1, 0.15) is 18.1 Å². The topological polar surface area (TPSA) is 71.1 Å². The Labute approximate surface area is 183 Å². The summed E-state index contributed by atoms with van der Waals surface area (Å²) in [5, 5.41) is 2.86. The van der Waals surface area contributed by atoms with Crippen molar-refractivity contribution in [1.29, 1.82) is 0 Å². The zero-order valence-electron chi connectivity index (χ0n) is 18.5. The Morgan fingerprint density at radius 3 is 2.42 bits per heavy atom. The van der Waals surface area contributed by atoms with E-state index in [2.05, 4.69) is 10.2 Å². The second-order valence-corrected chi connectivity index (χ2v) is 7.64. The molecule has 0 spiro atoms. The number of hydrogen-bond acceptors (Lipinski definition) is 5. The molecule has 1 aliphatic heterocycles. The lowest BCUT2D eigenvalue weighted by atomic mass is 10.1. The van der Waals surface area contributed by atoms with E-state index in [1.807, 2.05) is 63.2 Å². The molecular formula is C24H31N3O4. The molecule has 1 saturated heterocycles. The van der Waals surface area contributed by atoms with Gasteiger partial charge >= 0.3 is 0 Å². The molecule has 1 heterocycles. The number of likely N-dealkylation sites (N-methyl/N-ethyl adjacent to an activating group) is 1. The molecule has 0 atom stereocenters. The maximum Gasteiger partial charge on any atom is 0.260 e. The Kier molecular flexibility index (Phi) is 7.89. The van der Waals surface area contributed by atoms with Crippen LogP contribution in [0.3, 0.4) is 0 Å². The third-order valence-electron chi connectivity index (χ3n) is 5.44. The molecule has 2 aromatic rings. The fraction of sp³-hybridized carbons (Fsp3) is 0.417. The van der Waals surface area contributed by atoms with Crippen LogP contribution < -0.4 is 15.0 Å². The number of carbonyl (C=O) groups is 2. The minimum atomic E-state index is -0.236. The molecule has 0 aromatic heterocycles. The lowest BCUT2D eigenvalue weighted by Gasteiger charge is -2.29. The van der Waals surface area contributed by atoms with Crippen LogP contribution >= 0.6 is 0 Å². The van der Waals surface area contributed by atoms with Crippen LogP contribution in [0.25, 0.3) is 0 Å². The summed E-state index contributed by atoms with van der Waals surface area (Å²) in [7, 11) is 0. The smallest absolute Gasteiger partial charge is 0.260 e.